The molecule has 0 aromatic heterocycles. The quantitative estimate of drug-likeness (QED) is 0.457. The van der Waals surface area contributed by atoms with Gasteiger partial charge in [-0.1, -0.05) is 19.1 Å². The number of aryl methyl sites for hydroxylation is 1. The number of carbonyl (C=O) groups excluding carboxylic acids is 1. The van der Waals surface area contributed by atoms with Crippen molar-refractivity contribution in [2.24, 2.45) is 0 Å². The number of anilines is 1. The summed E-state index contributed by atoms with van der Waals surface area (Å²) >= 11 is 0. The van der Waals surface area contributed by atoms with Crippen molar-refractivity contribution < 1.29 is 17.9 Å². The standard InChI is InChI=1S/C27H37N3O4S/c1-5-25(22-8-10-23(11-9-22)29-14-6-7-15-29)27(31)34-26-13-12-24(16-19(26)2)35(32,33)30-17-20(3)28-21(4)18-30/h8-13,16,20-21,25,28H,5-7,14-15,17-18H2,1-4H3/t20-,21+,25?. The third kappa shape index (κ3) is 5.71. The molecular weight excluding hydrogens is 462 g/mol. The van der Waals surface area contributed by atoms with Crippen molar-refractivity contribution in [3.8, 4) is 5.75 Å². The highest BCUT2D eigenvalue weighted by Gasteiger charge is 2.32. The first-order valence-corrected chi connectivity index (χ1v) is 14.1. The van der Waals surface area contributed by atoms with Gasteiger partial charge in [0.25, 0.3) is 0 Å². The van der Waals surface area contributed by atoms with Gasteiger partial charge in [0.1, 0.15) is 5.75 Å². The van der Waals surface area contributed by atoms with Crippen molar-refractivity contribution in [3.63, 3.8) is 0 Å². The first kappa shape index (κ1) is 25.7. The van der Waals surface area contributed by atoms with Crippen molar-refractivity contribution in [1.82, 2.24) is 9.62 Å². The Balaban J connectivity index is 1.47. The number of ether oxygens (including phenoxy) is 1. The molecule has 35 heavy (non-hydrogen) atoms. The highest BCUT2D eigenvalue weighted by Crippen LogP contribution is 2.29. The van der Waals surface area contributed by atoms with E-state index in [1.165, 1.54) is 28.9 Å². The van der Waals surface area contributed by atoms with E-state index in [1.54, 1.807) is 19.1 Å². The lowest BCUT2D eigenvalue weighted by atomic mass is 9.96. The van der Waals surface area contributed by atoms with Gasteiger partial charge in [-0.2, -0.15) is 4.31 Å². The minimum absolute atomic E-state index is 0.0882. The first-order valence-electron chi connectivity index (χ1n) is 12.6. The zero-order valence-electron chi connectivity index (χ0n) is 21.2. The molecule has 2 fully saturated rings. The molecule has 1 unspecified atom stereocenters. The van der Waals surface area contributed by atoms with E-state index in [2.05, 4.69) is 22.3 Å². The summed E-state index contributed by atoms with van der Waals surface area (Å²) in [5, 5.41) is 3.36. The molecule has 0 spiro atoms. The van der Waals surface area contributed by atoms with Gasteiger partial charge in [-0.05, 0) is 81.5 Å². The predicted molar refractivity (Wildman–Crippen MR) is 139 cm³/mol. The van der Waals surface area contributed by atoms with Gasteiger partial charge in [0, 0.05) is 44.0 Å². The zero-order chi connectivity index (χ0) is 25.2. The maximum absolute atomic E-state index is 13.2. The lowest BCUT2D eigenvalue weighted by molar-refractivity contribution is -0.136. The van der Waals surface area contributed by atoms with Crippen LogP contribution in [0.5, 0.6) is 5.75 Å². The van der Waals surface area contributed by atoms with Crippen LogP contribution in [-0.4, -0.2) is 57.0 Å². The molecule has 2 saturated heterocycles. The van der Waals surface area contributed by atoms with Crippen LogP contribution in [-0.2, 0) is 14.8 Å². The predicted octanol–water partition coefficient (Wildman–Crippen LogP) is 4.07. The minimum Gasteiger partial charge on any atom is -0.426 e. The van der Waals surface area contributed by atoms with Crippen LogP contribution in [0.2, 0.25) is 0 Å². The van der Waals surface area contributed by atoms with Crippen LogP contribution >= 0.6 is 0 Å². The molecule has 2 aromatic carbocycles. The number of nitrogens with zero attached hydrogens (tertiary/aromatic N) is 2. The number of carbonyl (C=O) groups is 1. The summed E-state index contributed by atoms with van der Waals surface area (Å²) in [7, 11) is -3.62. The van der Waals surface area contributed by atoms with Gasteiger partial charge in [-0.15, -0.1) is 0 Å². The van der Waals surface area contributed by atoms with Crippen LogP contribution in [0, 0.1) is 6.92 Å². The average Bonchev–Trinajstić information content (AvgIpc) is 3.36. The Labute approximate surface area is 209 Å². The van der Waals surface area contributed by atoms with Crippen molar-refractivity contribution in [3.05, 3.63) is 53.6 Å². The Morgan fingerprint density at radius 1 is 1.06 bits per heavy atom. The van der Waals surface area contributed by atoms with Crippen LogP contribution in [0.1, 0.15) is 57.1 Å². The van der Waals surface area contributed by atoms with E-state index in [1.807, 2.05) is 32.9 Å². The average molecular weight is 500 g/mol. The summed E-state index contributed by atoms with van der Waals surface area (Å²) in [5.74, 6) is -0.317. The Kier molecular flexibility index (Phi) is 7.83. The molecule has 0 radical (unpaired) electrons. The van der Waals surface area contributed by atoms with E-state index in [9.17, 15) is 13.2 Å². The van der Waals surface area contributed by atoms with Crippen LogP contribution < -0.4 is 15.0 Å². The highest BCUT2D eigenvalue weighted by atomic mass is 32.2. The van der Waals surface area contributed by atoms with Gasteiger partial charge in [-0.3, -0.25) is 4.79 Å². The maximum Gasteiger partial charge on any atom is 0.318 e. The first-order chi connectivity index (χ1) is 16.7. The number of rotatable bonds is 7. The van der Waals surface area contributed by atoms with E-state index < -0.39 is 10.0 Å². The number of piperazine rings is 1. The molecule has 2 aliphatic heterocycles. The molecule has 1 N–H and O–H groups in total. The fourth-order valence-corrected chi connectivity index (χ4v) is 6.83. The third-order valence-corrected chi connectivity index (χ3v) is 8.81. The summed E-state index contributed by atoms with van der Waals surface area (Å²) in [6, 6.07) is 13.1. The molecule has 7 nitrogen and oxygen atoms in total. The number of nitrogens with one attached hydrogen (secondary N) is 1. The van der Waals surface area contributed by atoms with E-state index in [0.29, 0.717) is 30.8 Å². The summed E-state index contributed by atoms with van der Waals surface area (Å²) in [6.07, 6.45) is 3.06. The molecule has 8 heteroatoms. The largest absolute Gasteiger partial charge is 0.426 e. The van der Waals surface area contributed by atoms with Crippen molar-refractivity contribution >= 4 is 21.7 Å². The van der Waals surface area contributed by atoms with E-state index in [-0.39, 0.29) is 28.9 Å². The Morgan fingerprint density at radius 2 is 1.69 bits per heavy atom. The van der Waals surface area contributed by atoms with E-state index in [4.69, 9.17) is 4.74 Å². The van der Waals surface area contributed by atoms with Crippen molar-refractivity contribution in [2.45, 2.75) is 69.9 Å². The molecule has 2 heterocycles. The van der Waals surface area contributed by atoms with E-state index in [0.717, 1.165) is 18.7 Å². The third-order valence-electron chi connectivity index (χ3n) is 6.98. The Bertz CT molecular complexity index is 1130. The Hall–Kier alpha value is -2.42. The molecule has 190 valence electrons. The normalized spacial score (nSPS) is 22.2. The van der Waals surface area contributed by atoms with Gasteiger partial charge in [0.2, 0.25) is 10.0 Å². The van der Waals surface area contributed by atoms with Crippen LogP contribution in [0.25, 0.3) is 0 Å². The zero-order valence-corrected chi connectivity index (χ0v) is 22.0. The molecule has 3 atom stereocenters. The van der Waals surface area contributed by atoms with Gasteiger partial charge in [0.15, 0.2) is 0 Å². The lowest BCUT2D eigenvalue weighted by Crippen LogP contribution is -2.55. The number of hydrogen-bond donors (Lipinski definition) is 1. The molecule has 0 saturated carbocycles. The highest BCUT2D eigenvalue weighted by molar-refractivity contribution is 7.89. The molecule has 4 rings (SSSR count). The number of hydrogen-bond acceptors (Lipinski definition) is 6. The van der Waals surface area contributed by atoms with E-state index >= 15 is 0 Å². The van der Waals surface area contributed by atoms with Gasteiger partial charge >= 0.3 is 5.97 Å². The van der Waals surface area contributed by atoms with Gasteiger partial charge in [0.05, 0.1) is 10.8 Å². The molecule has 2 aliphatic rings. The fourth-order valence-electron chi connectivity index (χ4n) is 5.13. The van der Waals surface area contributed by atoms with Gasteiger partial charge < -0.3 is 15.0 Å². The molecule has 0 amide bonds. The summed E-state index contributed by atoms with van der Waals surface area (Å²) in [4.78, 5) is 15.7. The minimum atomic E-state index is -3.62. The lowest BCUT2D eigenvalue weighted by Gasteiger charge is -2.35. The maximum atomic E-state index is 13.2. The second kappa shape index (κ2) is 10.7. The summed E-state index contributed by atoms with van der Waals surface area (Å²) < 4.78 is 33.7. The topological polar surface area (TPSA) is 79.0 Å². The van der Waals surface area contributed by atoms with Crippen LogP contribution in [0.3, 0.4) is 0 Å². The second-order valence-electron chi connectivity index (χ2n) is 9.89. The van der Waals surface area contributed by atoms with Crippen molar-refractivity contribution in [1.29, 1.82) is 0 Å². The smallest absolute Gasteiger partial charge is 0.318 e. The molecule has 0 bridgehead atoms. The number of benzene rings is 2. The fraction of sp³-hybridized carbons (Fsp3) is 0.519. The molecule has 2 aromatic rings. The van der Waals surface area contributed by atoms with Gasteiger partial charge in [-0.25, -0.2) is 8.42 Å². The second-order valence-corrected chi connectivity index (χ2v) is 11.8. The summed E-state index contributed by atoms with van der Waals surface area (Å²) in [5.41, 5.74) is 2.74. The van der Waals surface area contributed by atoms with Crippen LogP contribution in [0.4, 0.5) is 5.69 Å². The molecular formula is C27H37N3O4S. The number of sulfonamides is 1. The van der Waals surface area contributed by atoms with Crippen LogP contribution in [0.15, 0.2) is 47.4 Å². The summed E-state index contributed by atoms with van der Waals surface area (Å²) in [6.45, 7) is 10.7. The monoisotopic (exact) mass is 499 g/mol. The number of esters is 1. The Morgan fingerprint density at radius 3 is 2.26 bits per heavy atom. The van der Waals surface area contributed by atoms with Crippen molar-refractivity contribution in [2.75, 3.05) is 31.1 Å². The molecule has 0 aliphatic carbocycles. The SMILES string of the molecule is CCC(C(=O)Oc1ccc(S(=O)(=O)N2C[C@@H](C)N[C@@H](C)C2)cc1C)c1ccc(N2CCCC2)cc1.